The summed E-state index contributed by atoms with van der Waals surface area (Å²) in [5.41, 5.74) is 9.85. The molecule has 4 aromatic rings. The van der Waals surface area contributed by atoms with Crippen molar-refractivity contribution in [2.45, 2.75) is 37.9 Å². The van der Waals surface area contributed by atoms with Gasteiger partial charge in [0.25, 0.3) is 5.91 Å². The largest absolute Gasteiger partial charge is 0.436 e. The van der Waals surface area contributed by atoms with Gasteiger partial charge in [-0.3, -0.25) is 24.9 Å². The number of oxazole rings is 1. The van der Waals surface area contributed by atoms with Crippen molar-refractivity contribution in [1.29, 1.82) is 5.41 Å². The number of aromatic nitrogens is 2. The fourth-order valence-electron chi connectivity index (χ4n) is 5.77. The molecular weight excluding hydrogens is 494 g/mol. The van der Waals surface area contributed by atoms with Crippen LogP contribution in [0.5, 0.6) is 0 Å². The summed E-state index contributed by atoms with van der Waals surface area (Å²) < 4.78 is 5.93. The van der Waals surface area contributed by atoms with Crippen LogP contribution in [0.15, 0.2) is 71.3 Å². The normalized spacial score (nSPS) is 19.7. The number of piperidine rings is 2. The zero-order chi connectivity index (χ0) is 27.1. The Bertz CT molecular complexity index is 1570. The fourth-order valence-corrected chi connectivity index (χ4v) is 5.77. The lowest BCUT2D eigenvalue weighted by molar-refractivity contribution is -0.114. The number of benzene rings is 2. The monoisotopic (exact) mass is 523 g/mol. The first kappa shape index (κ1) is 24.7. The number of anilines is 1. The van der Waals surface area contributed by atoms with Crippen molar-refractivity contribution >= 4 is 34.4 Å². The van der Waals surface area contributed by atoms with E-state index < -0.39 is 0 Å². The molecule has 0 aliphatic carbocycles. The molecule has 2 bridgehead atoms. The number of nitrogens with two attached hydrogens (primary N) is 1. The van der Waals surface area contributed by atoms with Crippen molar-refractivity contribution in [3.05, 3.63) is 78.1 Å². The van der Waals surface area contributed by atoms with Crippen LogP contribution in [0, 0.1) is 5.41 Å². The predicted molar refractivity (Wildman–Crippen MR) is 147 cm³/mol. The molecule has 3 fully saturated rings. The van der Waals surface area contributed by atoms with Crippen LogP contribution in [0.1, 0.15) is 41.9 Å². The predicted octanol–water partition coefficient (Wildman–Crippen LogP) is 3.81. The molecule has 10 nitrogen and oxygen atoms in total. The average Bonchev–Trinajstić information content (AvgIpc) is 3.37. The van der Waals surface area contributed by atoms with Gasteiger partial charge in [-0.25, -0.2) is 4.98 Å². The maximum Gasteiger partial charge on any atom is 0.272 e. The number of hydrogen-bond donors (Lipinski definition) is 3. The summed E-state index contributed by atoms with van der Waals surface area (Å²) in [7, 11) is 0. The number of carbonyl (C=O) groups excluding carboxylic acids is 2. The highest BCUT2D eigenvalue weighted by Crippen LogP contribution is 2.36. The van der Waals surface area contributed by atoms with E-state index >= 15 is 0 Å². The molecule has 3 aliphatic rings. The molecule has 5 heterocycles. The Morgan fingerprint density at radius 3 is 2.59 bits per heavy atom. The van der Waals surface area contributed by atoms with Crippen LogP contribution in [0.4, 0.5) is 5.69 Å². The van der Waals surface area contributed by atoms with Crippen molar-refractivity contribution in [2.75, 3.05) is 18.4 Å². The van der Waals surface area contributed by atoms with E-state index in [-0.39, 0.29) is 35.8 Å². The number of amidine groups is 1. The molecule has 0 saturated carbocycles. The van der Waals surface area contributed by atoms with E-state index in [1.165, 1.54) is 6.92 Å². The Kier molecular flexibility index (Phi) is 6.32. The van der Waals surface area contributed by atoms with Crippen LogP contribution in [-0.2, 0) is 4.79 Å². The molecule has 0 spiro atoms. The maximum absolute atomic E-state index is 13.7. The third kappa shape index (κ3) is 4.74. The summed E-state index contributed by atoms with van der Waals surface area (Å²) >= 11 is 0. The molecule has 2 amide bonds. The summed E-state index contributed by atoms with van der Waals surface area (Å²) in [5, 5.41) is 11.0. The number of rotatable bonds is 6. The van der Waals surface area contributed by atoms with Gasteiger partial charge in [0, 0.05) is 49.5 Å². The number of hydrogen-bond acceptors (Lipinski definition) is 7. The topological polar surface area (TPSA) is 141 Å². The van der Waals surface area contributed by atoms with Gasteiger partial charge < -0.3 is 20.4 Å². The number of nitrogens with zero attached hydrogens (tertiary/aromatic N) is 4. The zero-order valence-corrected chi connectivity index (χ0v) is 21.5. The van der Waals surface area contributed by atoms with Gasteiger partial charge in [0.2, 0.25) is 11.8 Å². The number of carbonyl (C=O) groups is 2. The number of nitrogens with one attached hydrogen (secondary N) is 2. The van der Waals surface area contributed by atoms with Crippen LogP contribution < -0.4 is 11.1 Å². The molecule has 198 valence electrons. The fraction of sp³-hybridized carbons (Fsp3) is 0.276. The van der Waals surface area contributed by atoms with E-state index in [4.69, 9.17) is 15.6 Å². The molecule has 3 saturated heterocycles. The molecule has 7 rings (SSSR count). The molecular formula is C29H29N7O3. The summed E-state index contributed by atoms with van der Waals surface area (Å²) in [5.74, 6) is 0.194. The van der Waals surface area contributed by atoms with Crippen molar-refractivity contribution in [2.24, 2.45) is 5.73 Å². The van der Waals surface area contributed by atoms with E-state index in [1.807, 2.05) is 35.2 Å². The number of fused-ring (bicyclic) bond motifs is 4. The molecule has 2 aromatic carbocycles. The molecule has 4 N–H and O–H groups in total. The highest BCUT2D eigenvalue weighted by atomic mass is 16.3. The molecule has 3 unspecified atom stereocenters. The third-order valence-corrected chi connectivity index (χ3v) is 7.51. The molecule has 2 aromatic heterocycles. The maximum atomic E-state index is 13.7. The van der Waals surface area contributed by atoms with Crippen molar-refractivity contribution in [3.8, 4) is 11.5 Å². The summed E-state index contributed by atoms with van der Waals surface area (Å²) in [6.07, 6.45) is 3.44. The van der Waals surface area contributed by atoms with E-state index in [1.54, 1.807) is 36.5 Å². The minimum atomic E-state index is -0.303. The third-order valence-electron chi connectivity index (χ3n) is 7.51. The Balaban J connectivity index is 1.22. The van der Waals surface area contributed by atoms with E-state index in [2.05, 4.69) is 20.2 Å². The van der Waals surface area contributed by atoms with Crippen LogP contribution >= 0.6 is 0 Å². The molecule has 3 aliphatic heterocycles. The Morgan fingerprint density at radius 2 is 1.87 bits per heavy atom. The molecule has 39 heavy (non-hydrogen) atoms. The Labute approximate surface area is 225 Å². The van der Waals surface area contributed by atoms with Gasteiger partial charge in [-0.1, -0.05) is 30.3 Å². The minimum Gasteiger partial charge on any atom is -0.436 e. The van der Waals surface area contributed by atoms with Gasteiger partial charge in [0.15, 0.2) is 5.58 Å². The number of pyridine rings is 1. The lowest BCUT2D eigenvalue weighted by Crippen LogP contribution is -2.65. The van der Waals surface area contributed by atoms with Crippen molar-refractivity contribution < 1.29 is 14.0 Å². The minimum absolute atomic E-state index is 0.00930. The Hall–Kier alpha value is -4.57. The Morgan fingerprint density at radius 1 is 1.08 bits per heavy atom. The quantitative estimate of drug-likeness (QED) is 0.258. The second kappa shape index (κ2) is 9.95. The highest BCUT2D eigenvalue weighted by Gasteiger charge is 2.44. The molecule has 3 atom stereocenters. The molecule has 10 heteroatoms. The smallest absolute Gasteiger partial charge is 0.272 e. The molecule has 0 radical (unpaired) electrons. The van der Waals surface area contributed by atoms with Gasteiger partial charge in [-0.05, 0) is 48.7 Å². The van der Waals surface area contributed by atoms with Crippen molar-refractivity contribution in [3.63, 3.8) is 0 Å². The first-order chi connectivity index (χ1) is 18.9. The highest BCUT2D eigenvalue weighted by molar-refractivity contribution is 5.94. The zero-order valence-electron chi connectivity index (χ0n) is 21.5. The van der Waals surface area contributed by atoms with Crippen LogP contribution in [0.25, 0.3) is 22.6 Å². The van der Waals surface area contributed by atoms with Crippen LogP contribution in [-0.4, -0.2) is 62.6 Å². The number of piperazine rings is 1. The van der Waals surface area contributed by atoms with Gasteiger partial charge in [-0.15, -0.1) is 0 Å². The van der Waals surface area contributed by atoms with E-state index in [0.717, 1.165) is 18.4 Å². The lowest BCUT2D eigenvalue weighted by Gasteiger charge is -2.53. The van der Waals surface area contributed by atoms with Crippen LogP contribution in [0.3, 0.4) is 0 Å². The average molecular weight is 524 g/mol. The lowest BCUT2D eigenvalue weighted by atomic mass is 9.87. The number of amides is 2. The summed E-state index contributed by atoms with van der Waals surface area (Å²) in [6, 6.07) is 18.4. The van der Waals surface area contributed by atoms with E-state index in [0.29, 0.717) is 47.0 Å². The van der Waals surface area contributed by atoms with E-state index in [9.17, 15) is 9.59 Å². The van der Waals surface area contributed by atoms with Crippen LogP contribution in [0.2, 0.25) is 0 Å². The first-order valence-electron chi connectivity index (χ1n) is 13.0. The summed E-state index contributed by atoms with van der Waals surface area (Å²) in [4.78, 5) is 38.2. The second-order valence-electron chi connectivity index (χ2n) is 10.1. The second-order valence-corrected chi connectivity index (χ2v) is 10.1. The SMILES string of the molecule is CC(=O)Nc1ccc2oc(-c3ccnc(C(=O)N4CC5CCC4CN5C(C(=N)N)c4ccccc4)c3)nc2c1. The van der Waals surface area contributed by atoms with Gasteiger partial charge >= 0.3 is 0 Å². The standard InChI is InChI=1S/C29H29N7O3/c1-17(37)33-20-7-10-25-23(14-20)34-28(39-25)19-11-12-32-24(13-19)29(38)36-16-21-8-9-22(36)15-35(21)26(27(30)31)18-5-3-2-4-6-18/h2-7,10-14,21-22,26H,8-9,15-16H2,1H3,(H3,30,31)(H,33,37). The summed E-state index contributed by atoms with van der Waals surface area (Å²) in [6.45, 7) is 2.66. The van der Waals surface area contributed by atoms with Gasteiger partial charge in [0.1, 0.15) is 17.0 Å². The van der Waals surface area contributed by atoms with Gasteiger partial charge in [-0.2, -0.15) is 0 Å². The van der Waals surface area contributed by atoms with Gasteiger partial charge in [0.05, 0.1) is 6.04 Å². The first-order valence-corrected chi connectivity index (χ1v) is 13.0. The van der Waals surface area contributed by atoms with Crippen molar-refractivity contribution in [1.82, 2.24) is 19.8 Å².